The van der Waals surface area contributed by atoms with Crippen molar-refractivity contribution in [3.05, 3.63) is 52.4 Å². The lowest BCUT2D eigenvalue weighted by molar-refractivity contribution is -0.142. The van der Waals surface area contributed by atoms with Crippen molar-refractivity contribution in [1.29, 1.82) is 0 Å². The van der Waals surface area contributed by atoms with E-state index in [0.29, 0.717) is 59.0 Å². The molecule has 0 bridgehead atoms. The van der Waals surface area contributed by atoms with Crippen LogP contribution in [0.25, 0.3) is 22.1 Å². The number of fused-ring (bicyclic) bond motifs is 2. The fraction of sp³-hybridized carbons (Fsp3) is 0.333. The van der Waals surface area contributed by atoms with Crippen LogP contribution < -0.4 is 19.6 Å². The highest BCUT2D eigenvalue weighted by Gasteiger charge is 2.17. The van der Waals surface area contributed by atoms with Crippen LogP contribution in [0.1, 0.15) is 25.3 Å². The van der Waals surface area contributed by atoms with Crippen LogP contribution in [0.15, 0.2) is 45.8 Å². The van der Waals surface area contributed by atoms with Gasteiger partial charge in [0.15, 0.2) is 18.1 Å². The van der Waals surface area contributed by atoms with Gasteiger partial charge in [0.25, 0.3) is 0 Å². The van der Waals surface area contributed by atoms with Crippen LogP contribution in [0.5, 0.6) is 17.2 Å². The monoisotopic (exact) mass is 424 g/mol. The topological polar surface area (TPSA) is 84.2 Å². The Morgan fingerprint density at radius 1 is 1.10 bits per heavy atom. The molecule has 0 spiro atoms. The molecule has 31 heavy (non-hydrogen) atoms. The van der Waals surface area contributed by atoms with Gasteiger partial charge in [-0.3, -0.25) is 4.79 Å². The summed E-state index contributed by atoms with van der Waals surface area (Å²) < 4.78 is 27.5. The average molecular weight is 424 g/mol. The maximum absolute atomic E-state index is 13.3. The number of aryl methyl sites for hydroxylation is 1. The molecule has 1 aliphatic rings. The average Bonchev–Trinajstić information content (AvgIpc) is 3.03. The first-order valence-corrected chi connectivity index (χ1v) is 10.3. The van der Waals surface area contributed by atoms with E-state index >= 15 is 0 Å². The lowest BCUT2D eigenvalue weighted by atomic mass is 10.0. The minimum atomic E-state index is -0.478. The smallest absolute Gasteiger partial charge is 0.343 e. The summed E-state index contributed by atoms with van der Waals surface area (Å²) in [5.41, 5.74) is 2.22. The summed E-state index contributed by atoms with van der Waals surface area (Å²) >= 11 is 0. The van der Waals surface area contributed by atoms with Gasteiger partial charge in [-0.15, -0.1) is 0 Å². The highest BCUT2D eigenvalue weighted by Crippen LogP contribution is 2.34. The van der Waals surface area contributed by atoms with Crippen molar-refractivity contribution in [2.45, 2.75) is 26.2 Å². The summed E-state index contributed by atoms with van der Waals surface area (Å²) in [6, 6.07) is 8.88. The van der Waals surface area contributed by atoms with Crippen molar-refractivity contribution < 1.29 is 28.2 Å². The van der Waals surface area contributed by atoms with Gasteiger partial charge in [-0.25, -0.2) is 4.79 Å². The maximum atomic E-state index is 13.3. The molecule has 0 atom stereocenters. The summed E-state index contributed by atoms with van der Waals surface area (Å²) in [6.45, 7) is 2.99. The summed E-state index contributed by atoms with van der Waals surface area (Å²) in [5, 5.41) is 0.457. The molecule has 0 saturated heterocycles. The molecule has 2 aromatic carbocycles. The third-order valence-corrected chi connectivity index (χ3v) is 5.11. The van der Waals surface area contributed by atoms with E-state index < -0.39 is 5.97 Å². The van der Waals surface area contributed by atoms with Crippen LogP contribution in [0, 0.1) is 0 Å². The van der Waals surface area contributed by atoms with E-state index in [2.05, 4.69) is 4.74 Å². The standard InChI is InChI=1S/C24H24O7/c1-3-5-16-10-17-21(12-20(16)31-14-23(25)27-2)30-13-18(24(17)26)15-6-7-19-22(11-15)29-9-4-8-28-19/h6-7,10-13H,3-5,8-9,14H2,1-2H3. The van der Waals surface area contributed by atoms with Gasteiger partial charge in [-0.2, -0.15) is 0 Å². The van der Waals surface area contributed by atoms with Crippen LogP contribution in [0.4, 0.5) is 0 Å². The first-order valence-electron chi connectivity index (χ1n) is 10.3. The van der Waals surface area contributed by atoms with Crippen LogP contribution in [-0.2, 0) is 16.0 Å². The van der Waals surface area contributed by atoms with Crippen molar-refractivity contribution in [3.8, 4) is 28.4 Å². The van der Waals surface area contributed by atoms with Gasteiger partial charge >= 0.3 is 5.97 Å². The molecule has 7 heteroatoms. The van der Waals surface area contributed by atoms with E-state index in [1.165, 1.54) is 13.4 Å². The molecular weight excluding hydrogens is 400 g/mol. The van der Waals surface area contributed by atoms with Gasteiger partial charge < -0.3 is 23.4 Å². The summed E-state index contributed by atoms with van der Waals surface area (Å²) in [6.07, 6.45) is 3.80. The zero-order chi connectivity index (χ0) is 21.8. The fourth-order valence-corrected chi connectivity index (χ4v) is 3.53. The second-order valence-corrected chi connectivity index (χ2v) is 7.26. The lowest BCUT2D eigenvalue weighted by Gasteiger charge is -2.12. The minimum Gasteiger partial charge on any atom is -0.490 e. The lowest BCUT2D eigenvalue weighted by Crippen LogP contribution is -2.14. The molecule has 0 unspecified atom stereocenters. The SMILES string of the molecule is CCCc1cc2c(=O)c(-c3ccc4c(c3)OCCCO4)coc2cc1OCC(=O)OC. The Bertz CT molecular complexity index is 1160. The van der Waals surface area contributed by atoms with E-state index in [1.807, 2.05) is 19.1 Å². The molecule has 162 valence electrons. The largest absolute Gasteiger partial charge is 0.490 e. The zero-order valence-electron chi connectivity index (χ0n) is 17.6. The molecule has 3 aromatic rings. The third kappa shape index (κ3) is 4.35. The number of hydrogen-bond donors (Lipinski definition) is 0. The molecule has 0 fully saturated rings. The van der Waals surface area contributed by atoms with Crippen LogP contribution in [0.2, 0.25) is 0 Å². The van der Waals surface area contributed by atoms with Crippen LogP contribution in [-0.4, -0.2) is 32.9 Å². The predicted octanol–water partition coefficient (Wildman–Crippen LogP) is 4.13. The molecule has 2 heterocycles. The Labute approximate surface area is 179 Å². The second kappa shape index (κ2) is 9.12. The normalized spacial score (nSPS) is 13.0. The van der Waals surface area contributed by atoms with Gasteiger partial charge in [0, 0.05) is 12.5 Å². The Hall–Kier alpha value is -3.48. The van der Waals surface area contributed by atoms with E-state index in [1.54, 1.807) is 18.2 Å². The molecular formula is C24H24O7. The zero-order valence-corrected chi connectivity index (χ0v) is 17.6. The van der Waals surface area contributed by atoms with Crippen molar-refractivity contribution >= 4 is 16.9 Å². The van der Waals surface area contributed by atoms with Crippen molar-refractivity contribution in [2.24, 2.45) is 0 Å². The van der Waals surface area contributed by atoms with Crippen molar-refractivity contribution in [2.75, 3.05) is 26.9 Å². The van der Waals surface area contributed by atoms with Gasteiger partial charge in [0.2, 0.25) is 5.43 Å². The van der Waals surface area contributed by atoms with Gasteiger partial charge in [0.05, 0.1) is 31.3 Å². The third-order valence-electron chi connectivity index (χ3n) is 5.11. The maximum Gasteiger partial charge on any atom is 0.343 e. The number of ether oxygens (including phenoxy) is 4. The number of rotatable bonds is 6. The Balaban J connectivity index is 1.75. The Morgan fingerprint density at radius 3 is 2.68 bits per heavy atom. The second-order valence-electron chi connectivity index (χ2n) is 7.26. The van der Waals surface area contributed by atoms with E-state index in [-0.39, 0.29) is 12.0 Å². The molecule has 1 aliphatic heterocycles. The molecule has 0 aliphatic carbocycles. The molecule has 7 nitrogen and oxygen atoms in total. The van der Waals surface area contributed by atoms with Crippen molar-refractivity contribution in [1.82, 2.24) is 0 Å². The fourth-order valence-electron chi connectivity index (χ4n) is 3.53. The summed E-state index contributed by atoms with van der Waals surface area (Å²) in [7, 11) is 1.30. The Kier molecular flexibility index (Phi) is 6.11. The number of hydrogen-bond acceptors (Lipinski definition) is 7. The van der Waals surface area contributed by atoms with Gasteiger partial charge in [-0.05, 0) is 35.7 Å². The first kappa shape index (κ1) is 20.8. The van der Waals surface area contributed by atoms with Gasteiger partial charge in [-0.1, -0.05) is 19.4 Å². The molecule has 1 aromatic heterocycles. The molecule has 4 rings (SSSR count). The van der Waals surface area contributed by atoms with E-state index in [9.17, 15) is 9.59 Å². The highest BCUT2D eigenvalue weighted by molar-refractivity contribution is 5.84. The minimum absolute atomic E-state index is 0.146. The summed E-state index contributed by atoms with van der Waals surface area (Å²) in [5.74, 6) is 1.32. The van der Waals surface area contributed by atoms with E-state index in [0.717, 1.165) is 18.4 Å². The predicted molar refractivity (Wildman–Crippen MR) is 115 cm³/mol. The van der Waals surface area contributed by atoms with E-state index in [4.69, 9.17) is 18.6 Å². The highest BCUT2D eigenvalue weighted by atomic mass is 16.6. The van der Waals surface area contributed by atoms with Gasteiger partial charge in [0.1, 0.15) is 17.6 Å². The number of carbonyl (C=O) groups is 1. The quantitative estimate of drug-likeness (QED) is 0.550. The molecule has 0 N–H and O–H groups in total. The van der Waals surface area contributed by atoms with Crippen LogP contribution in [0.3, 0.4) is 0 Å². The first-order chi connectivity index (χ1) is 15.1. The van der Waals surface area contributed by atoms with Crippen LogP contribution >= 0.6 is 0 Å². The number of benzene rings is 2. The van der Waals surface area contributed by atoms with Crippen molar-refractivity contribution in [3.63, 3.8) is 0 Å². The number of esters is 1. The number of methoxy groups -OCH3 is 1. The Morgan fingerprint density at radius 2 is 1.90 bits per heavy atom. The number of carbonyl (C=O) groups excluding carboxylic acids is 1. The molecule has 0 radical (unpaired) electrons. The summed E-state index contributed by atoms with van der Waals surface area (Å²) in [4.78, 5) is 24.8. The molecule has 0 saturated carbocycles. The molecule has 0 amide bonds.